The number of aromatic nitrogens is 4. The molecule has 0 aliphatic heterocycles. The fraction of sp³-hybridized carbons (Fsp3) is 0.400. The molecule has 1 N–H and O–H groups in total. The number of nitrogens with zero attached hydrogens (tertiary/aromatic N) is 4. The van der Waals surface area contributed by atoms with Crippen LogP contribution in [0.1, 0.15) is 50.1 Å². The first kappa shape index (κ1) is 19.8. The summed E-state index contributed by atoms with van der Waals surface area (Å²) in [5.74, 6) is 1.18. The first-order valence-corrected chi connectivity index (χ1v) is 11.3. The van der Waals surface area contributed by atoms with E-state index in [0.29, 0.717) is 12.5 Å². The van der Waals surface area contributed by atoms with Crippen molar-refractivity contribution in [3.8, 4) is 11.4 Å². The van der Waals surface area contributed by atoms with E-state index in [1.54, 1.807) is 19.0 Å². The van der Waals surface area contributed by atoms with Crippen LogP contribution in [0.2, 0.25) is 0 Å². The van der Waals surface area contributed by atoms with E-state index in [1.807, 2.05) is 12.4 Å². The fourth-order valence-corrected chi connectivity index (χ4v) is 4.79. The lowest BCUT2D eigenvalue weighted by Crippen LogP contribution is -2.21. The summed E-state index contributed by atoms with van der Waals surface area (Å²) in [6, 6.07) is 11.1. The minimum Gasteiger partial charge on any atom is -0.349 e. The number of rotatable bonds is 5. The van der Waals surface area contributed by atoms with E-state index in [2.05, 4.69) is 44.9 Å². The lowest BCUT2D eigenvalue weighted by atomic mass is 9.94. The smallest absolute Gasteiger partial charge is 0.222 e. The Balaban J connectivity index is 1.55. The fourth-order valence-electron chi connectivity index (χ4n) is 4.79. The van der Waals surface area contributed by atoms with E-state index in [4.69, 9.17) is 4.98 Å². The van der Waals surface area contributed by atoms with Gasteiger partial charge in [0, 0.05) is 43.7 Å². The van der Waals surface area contributed by atoms with Crippen LogP contribution in [0.25, 0.3) is 33.5 Å². The van der Waals surface area contributed by atoms with E-state index >= 15 is 0 Å². The molecule has 0 unspecified atom stereocenters. The lowest BCUT2D eigenvalue weighted by molar-refractivity contribution is -0.128. The second-order valence-corrected chi connectivity index (χ2v) is 8.81. The van der Waals surface area contributed by atoms with Crippen molar-refractivity contribution in [2.45, 2.75) is 51.0 Å². The normalized spacial score (nSPS) is 15.0. The molecule has 0 radical (unpaired) electrons. The van der Waals surface area contributed by atoms with E-state index in [-0.39, 0.29) is 5.91 Å². The molecule has 31 heavy (non-hydrogen) atoms. The summed E-state index contributed by atoms with van der Waals surface area (Å²) in [5, 5.41) is 1.14. The van der Waals surface area contributed by atoms with Gasteiger partial charge >= 0.3 is 0 Å². The SMILES string of the molecule is CN(C)C(=O)CCc1ccc(-c2nc3cnc4[nH]ccc4c3n2C2CCCCC2)cc1. The van der Waals surface area contributed by atoms with Crippen LogP contribution in [0.4, 0.5) is 0 Å². The molecule has 3 aromatic heterocycles. The number of fused-ring (bicyclic) bond motifs is 3. The Morgan fingerprint density at radius 3 is 2.65 bits per heavy atom. The number of aromatic amines is 1. The van der Waals surface area contributed by atoms with E-state index in [9.17, 15) is 4.79 Å². The summed E-state index contributed by atoms with van der Waals surface area (Å²) in [7, 11) is 3.61. The number of imidazole rings is 1. The van der Waals surface area contributed by atoms with Gasteiger partial charge in [0.1, 0.15) is 17.0 Å². The van der Waals surface area contributed by atoms with Crippen LogP contribution in [0.5, 0.6) is 0 Å². The molecule has 160 valence electrons. The Hall–Kier alpha value is -3.15. The third-order valence-electron chi connectivity index (χ3n) is 6.51. The molecule has 1 aromatic carbocycles. The van der Waals surface area contributed by atoms with Crippen molar-refractivity contribution < 1.29 is 4.79 Å². The Morgan fingerprint density at radius 2 is 1.90 bits per heavy atom. The van der Waals surface area contributed by atoms with Crippen LogP contribution in [-0.2, 0) is 11.2 Å². The Morgan fingerprint density at radius 1 is 1.13 bits per heavy atom. The number of nitrogens with one attached hydrogen (secondary N) is 1. The van der Waals surface area contributed by atoms with Crippen LogP contribution in [-0.4, -0.2) is 44.4 Å². The zero-order chi connectivity index (χ0) is 21.4. The topological polar surface area (TPSA) is 66.8 Å². The maximum Gasteiger partial charge on any atom is 0.222 e. The van der Waals surface area contributed by atoms with Gasteiger partial charge in [-0.25, -0.2) is 9.97 Å². The van der Waals surface area contributed by atoms with Crippen LogP contribution in [0, 0.1) is 0 Å². The molecule has 6 nitrogen and oxygen atoms in total. The molecule has 1 aliphatic carbocycles. The molecule has 0 bridgehead atoms. The highest BCUT2D eigenvalue weighted by Crippen LogP contribution is 2.37. The molecule has 0 spiro atoms. The average Bonchev–Trinajstić information content (AvgIpc) is 3.42. The highest BCUT2D eigenvalue weighted by molar-refractivity contribution is 6.02. The molecular formula is C25H29N5O. The number of carbonyl (C=O) groups is 1. The third kappa shape index (κ3) is 3.71. The largest absolute Gasteiger partial charge is 0.349 e. The number of aryl methyl sites for hydroxylation is 1. The van der Waals surface area contributed by atoms with Gasteiger partial charge in [-0.3, -0.25) is 4.79 Å². The van der Waals surface area contributed by atoms with Crippen molar-refractivity contribution in [2.75, 3.05) is 14.1 Å². The number of hydrogen-bond acceptors (Lipinski definition) is 3. The number of hydrogen-bond donors (Lipinski definition) is 1. The van der Waals surface area contributed by atoms with Crippen LogP contribution < -0.4 is 0 Å². The van der Waals surface area contributed by atoms with Crippen LogP contribution in [0.3, 0.4) is 0 Å². The molecule has 1 fully saturated rings. The van der Waals surface area contributed by atoms with Crippen LogP contribution in [0.15, 0.2) is 42.7 Å². The minimum absolute atomic E-state index is 0.159. The van der Waals surface area contributed by atoms with Gasteiger partial charge < -0.3 is 14.5 Å². The van der Waals surface area contributed by atoms with Gasteiger partial charge in [0.25, 0.3) is 0 Å². The first-order valence-electron chi connectivity index (χ1n) is 11.3. The Kier molecular flexibility index (Phi) is 5.22. The molecule has 5 rings (SSSR count). The Bertz CT molecular complexity index is 1210. The van der Waals surface area contributed by atoms with Crippen LogP contribution >= 0.6 is 0 Å². The van der Waals surface area contributed by atoms with Gasteiger partial charge in [-0.05, 0) is 30.9 Å². The third-order valence-corrected chi connectivity index (χ3v) is 6.51. The predicted molar refractivity (Wildman–Crippen MR) is 124 cm³/mol. The number of pyridine rings is 1. The summed E-state index contributed by atoms with van der Waals surface area (Å²) in [4.78, 5) is 26.4. The van der Waals surface area contributed by atoms with Crippen molar-refractivity contribution in [1.29, 1.82) is 0 Å². The summed E-state index contributed by atoms with van der Waals surface area (Å²) in [6.45, 7) is 0. The average molecular weight is 416 g/mol. The summed E-state index contributed by atoms with van der Waals surface area (Å²) in [5.41, 5.74) is 5.35. The maximum absolute atomic E-state index is 11.9. The summed E-state index contributed by atoms with van der Waals surface area (Å²) in [6.07, 6.45) is 11.4. The minimum atomic E-state index is 0.159. The zero-order valence-corrected chi connectivity index (χ0v) is 18.3. The molecule has 0 atom stereocenters. The first-order chi connectivity index (χ1) is 15.1. The monoisotopic (exact) mass is 415 g/mol. The molecule has 0 saturated heterocycles. The number of H-pyrrole nitrogens is 1. The van der Waals surface area contributed by atoms with Crippen molar-refractivity contribution in [2.24, 2.45) is 0 Å². The van der Waals surface area contributed by atoms with Crippen molar-refractivity contribution in [3.63, 3.8) is 0 Å². The van der Waals surface area contributed by atoms with Crippen molar-refractivity contribution >= 4 is 28.0 Å². The highest BCUT2D eigenvalue weighted by Gasteiger charge is 2.24. The van der Waals surface area contributed by atoms with E-state index in [1.165, 1.54) is 43.2 Å². The highest BCUT2D eigenvalue weighted by atomic mass is 16.2. The van der Waals surface area contributed by atoms with Gasteiger partial charge in [-0.1, -0.05) is 43.5 Å². The van der Waals surface area contributed by atoms with Gasteiger partial charge in [0.15, 0.2) is 0 Å². The van der Waals surface area contributed by atoms with Gasteiger partial charge in [-0.15, -0.1) is 0 Å². The van der Waals surface area contributed by atoms with Crippen molar-refractivity contribution in [3.05, 3.63) is 48.3 Å². The second-order valence-electron chi connectivity index (χ2n) is 8.81. The number of carbonyl (C=O) groups excluding carboxylic acids is 1. The molecule has 1 amide bonds. The molecule has 1 aliphatic rings. The number of amides is 1. The van der Waals surface area contributed by atoms with E-state index < -0.39 is 0 Å². The molecule has 4 aromatic rings. The predicted octanol–water partition coefficient (Wildman–Crippen LogP) is 5.11. The van der Waals surface area contributed by atoms with E-state index in [0.717, 1.165) is 34.4 Å². The summed E-state index contributed by atoms with van der Waals surface area (Å²) < 4.78 is 2.47. The van der Waals surface area contributed by atoms with Gasteiger partial charge in [-0.2, -0.15) is 0 Å². The molecular weight excluding hydrogens is 386 g/mol. The standard InChI is InChI=1S/C25H29N5O/c1-29(2)22(31)13-10-17-8-11-18(12-9-17)25-28-21-16-27-24-20(14-15-26-24)23(21)30(25)19-6-4-3-5-7-19/h8-9,11-12,14-16,19H,3-7,10,13H2,1-2H3,(H,26,27). The zero-order valence-electron chi connectivity index (χ0n) is 18.3. The second kappa shape index (κ2) is 8.17. The van der Waals surface area contributed by atoms with Crippen molar-refractivity contribution in [1.82, 2.24) is 24.4 Å². The number of benzene rings is 1. The van der Waals surface area contributed by atoms with Gasteiger partial charge in [0.05, 0.1) is 11.7 Å². The molecule has 3 heterocycles. The maximum atomic E-state index is 11.9. The Labute approximate surface area is 182 Å². The van der Waals surface area contributed by atoms with Gasteiger partial charge in [0.2, 0.25) is 5.91 Å². The quantitative estimate of drug-likeness (QED) is 0.493. The molecule has 6 heteroatoms. The lowest BCUT2D eigenvalue weighted by Gasteiger charge is -2.26. The molecule has 1 saturated carbocycles. The summed E-state index contributed by atoms with van der Waals surface area (Å²) >= 11 is 0.